The van der Waals surface area contributed by atoms with Crippen LogP contribution in [0, 0.1) is 0 Å². The van der Waals surface area contributed by atoms with E-state index in [1.807, 2.05) is 0 Å². The summed E-state index contributed by atoms with van der Waals surface area (Å²) in [6.07, 6.45) is -4.38. The lowest BCUT2D eigenvalue weighted by atomic mass is 10.1. The molecule has 6 nitrogen and oxygen atoms in total. The van der Waals surface area contributed by atoms with Gasteiger partial charge in [0.15, 0.2) is 5.69 Å². The summed E-state index contributed by atoms with van der Waals surface area (Å²) in [6.45, 7) is 0. The number of rotatable bonds is 4. The average molecular weight is 432 g/mol. The molecule has 0 spiro atoms. The molecule has 0 saturated carbocycles. The maximum absolute atomic E-state index is 12.8. The van der Waals surface area contributed by atoms with Crippen LogP contribution in [-0.2, 0) is 17.4 Å². The number of amides is 2. The van der Waals surface area contributed by atoms with Crippen LogP contribution in [0.25, 0.3) is 0 Å². The molecule has 0 radical (unpaired) electrons. The molecule has 0 fully saturated rings. The summed E-state index contributed by atoms with van der Waals surface area (Å²) in [5.74, 6) is -2.54. The fourth-order valence-electron chi connectivity index (χ4n) is 2.90. The molecule has 3 aromatic rings. The summed E-state index contributed by atoms with van der Waals surface area (Å²) in [5.41, 5.74) is -0.308. The van der Waals surface area contributed by atoms with Crippen molar-refractivity contribution in [3.05, 3.63) is 86.9 Å². The lowest BCUT2D eigenvalue weighted by Gasteiger charge is -2.11. The van der Waals surface area contributed by atoms with E-state index in [2.05, 4.69) is 4.98 Å². The smallest absolute Gasteiger partial charge is 0.322 e. The van der Waals surface area contributed by atoms with Crippen LogP contribution >= 0.6 is 11.3 Å². The predicted octanol–water partition coefficient (Wildman–Crippen LogP) is 4.12. The van der Waals surface area contributed by atoms with E-state index in [9.17, 15) is 27.6 Å². The molecule has 30 heavy (non-hydrogen) atoms. The number of alkyl halides is 3. The highest BCUT2D eigenvalue weighted by atomic mass is 32.1. The molecule has 2 aromatic carbocycles. The molecule has 0 saturated heterocycles. The molecule has 0 N–H and O–H groups in total. The molecular formula is C20H11F3N2O4S. The van der Waals surface area contributed by atoms with Gasteiger partial charge in [0.2, 0.25) is 0 Å². The molecule has 10 heteroatoms. The quantitative estimate of drug-likeness (QED) is 0.580. The minimum atomic E-state index is -4.46. The number of carbonyl (C=O) groups excluding carboxylic acids is 3. The Morgan fingerprint density at radius 2 is 1.70 bits per heavy atom. The standard InChI is InChI=1S/C20H11F3N2O4S/c21-20(22,23)12-5-3-4-11(8-12)9-16-24-15(10-30-16)19(28)29-25-17(26)13-6-1-2-7-14(13)18(25)27/h1-8,10H,9H2. The van der Waals surface area contributed by atoms with Gasteiger partial charge in [0, 0.05) is 11.8 Å². The normalized spacial score (nSPS) is 13.5. The molecule has 1 aliphatic rings. The highest BCUT2D eigenvalue weighted by molar-refractivity contribution is 7.09. The molecule has 0 atom stereocenters. The summed E-state index contributed by atoms with van der Waals surface area (Å²) in [4.78, 5) is 45.8. The Hall–Kier alpha value is -3.53. The molecule has 2 amide bonds. The van der Waals surface area contributed by atoms with Crippen molar-refractivity contribution in [2.24, 2.45) is 0 Å². The van der Waals surface area contributed by atoms with Crippen molar-refractivity contribution >= 4 is 29.1 Å². The predicted molar refractivity (Wildman–Crippen MR) is 98.7 cm³/mol. The second-order valence-corrected chi connectivity index (χ2v) is 7.27. The molecule has 0 aliphatic carbocycles. The lowest BCUT2D eigenvalue weighted by Crippen LogP contribution is -2.32. The van der Waals surface area contributed by atoms with Gasteiger partial charge in [0.1, 0.15) is 0 Å². The Balaban J connectivity index is 1.47. The highest BCUT2D eigenvalue weighted by Gasteiger charge is 2.39. The van der Waals surface area contributed by atoms with Crippen LogP contribution in [0.1, 0.15) is 47.3 Å². The van der Waals surface area contributed by atoms with E-state index in [1.165, 1.54) is 29.6 Å². The van der Waals surface area contributed by atoms with Crippen molar-refractivity contribution in [3.63, 3.8) is 0 Å². The van der Waals surface area contributed by atoms with E-state index in [4.69, 9.17) is 4.84 Å². The first kappa shape index (κ1) is 19.8. The van der Waals surface area contributed by atoms with Gasteiger partial charge in [-0.05, 0) is 23.8 Å². The largest absolute Gasteiger partial charge is 0.416 e. The van der Waals surface area contributed by atoms with Crippen LogP contribution in [0.15, 0.2) is 53.9 Å². The number of hydrogen-bond acceptors (Lipinski definition) is 6. The molecule has 0 unspecified atom stereocenters. The van der Waals surface area contributed by atoms with Crippen molar-refractivity contribution in [1.82, 2.24) is 10.0 Å². The van der Waals surface area contributed by atoms with Gasteiger partial charge < -0.3 is 4.84 Å². The Morgan fingerprint density at radius 3 is 2.33 bits per heavy atom. The number of halogens is 3. The summed E-state index contributed by atoms with van der Waals surface area (Å²) in [6, 6.07) is 10.8. The Morgan fingerprint density at radius 1 is 1.03 bits per heavy atom. The van der Waals surface area contributed by atoms with Gasteiger partial charge in [-0.3, -0.25) is 9.59 Å². The number of aromatic nitrogens is 1. The van der Waals surface area contributed by atoms with E-state index in [-0.39, 0.29) is 23.2 Å². The number of hydroxylamine groups is 2. The summed E-state index contributed by atoms with van der Waals surface area (Å²) >= 11 is 1.05. The van der Waals surface area contributed by atoms with Gasteiger partial charge in [0.05, 0.1) is 21.7 Å². The number of nitrogens with zero attached hydrogens (tertiary/aromatic N) is 2. The summed E-state index contributed by atoms with van der Waals surface area (Å²) in [5, 5.41) is 2.10. The fourth-order valence-corrected chi connectivity index (χ4v) is 3.70. The second kappa shape index (κ2) is 7.38. The second-order valence-electron chi connectivity index (χ2n) is 6.33. The van der Waals surface area contributed by atoms with Crippen LogP contribution in [0.2, 0.25) is 0 Å². The van der Waals surface area contributed by atoms with Crippen molar-refractivity contribution in [1.29, 1.82) is 0 Å². The fraction of sp³-hybridized carbons (Fsp3) is 0.100. The van der Waals surface area contributed by atoms with Crippen LogP contribution < -0.4 is 0 Å². The number of fused-ring (bicyclic) bond motifs is 1. The van der Waals surface area contributed by atoms with Gasteiger partial charge in [-0.1, -0.05) is 35.4 Å². The zero-order valence-corrected chi connectivity index (χ0v) is 15.8. The van der Waals surface area contributed by atoms with Crippen molar-refractivity contribution in [3.8, 4) is 0 Å². The van der Waals surface area contributed by atoms with Crippen LogP contribution in [-0.4, -0.2) is 27.8 Å². The zero-order valence-electron chi connectivity index (χ0n) is 15.0. The van der Waals surface area contributed by atoms with Crippen LogP contribution in [0.3, 0.4) is 0 Å². The third-order valence-corrected chi connectivity index (χ3v) is 5.15. The third-order valence-electron chi connectivity index (χ3n) is 4.30. The van der Waals surface area contributed by atoms with Gasteiger partial charge >= 0.3 is 12.1 Å². The molecule has 2 heterocycles. The van der Waals surface area contributed by atoms with Gasteiger partial charge in [-0.25, -0.2) is 9.78 Å². The molecule has 1 aromatic heterocycles. The van der Waals surface area contributed by atoms with Crippen molar-refractivity contribution < 1.29 is 32.4 Å². The minimum absolute atomic E-state index is 0.0783. The molecule has 0 bridgehead atoms. The Kier molecular flexibility index (Phi) is 4.86. The van der Waals surface area contributed by atoms with E-state index < -0.39 is 29.5 Å². The van der Waals surface area contributed by atoms with Gasteiger partial charge in [0.25, 0.3) is 11.8 Å². The molecule has 152 valence electrons. The topological polar surface area (TPSA) is 76.6 Å². The zero-order chi connectivity index (χ0) is 21.5. The average Bonchev–Trinajstić information content (AvgIpc) is 3.27. The van der Waals surface area contributed by atoms with Crippen LogP contribution in [0.5, 0.6) is 0 Å². The van der Waals surface area contributed by atoms with E-state index in [0.29, 0.717) is 15.6 Å². The minimum Gasteiger partial charge on any atom is -0.322 e. The number of carbonyl (C=O) groups is 3. The lowest BCUT2D eigenvalue weighted by molar-refractivity contribution is -0.137. The number of thiazole rings is 1. The van der Waals surface area contributed by atoms with E-state index in [1.54, 1.807) is 12.1 Å². The number of benzene rings is 2. The monoisotopic (exact) mass is 432 g/mol. The highest BCUT2D eigenvalue weighted by Crippen LogP contribution is 2.30. The first-order chi connectivity index (χ1) is 14.2. The van der Waals surface area contributed by atoms with Crippen LogP contribution in [0.4, 0.5) is 13.2 Å². The summed E-state index contributed by atoms with van der Waals surface area (Å²) < 4.78 is 38.5. The maximum Gasteiger partial charge on any atom is 0.416 e. The summed E-state index contributed by atoms with van der Waals surface area (Å²) in [7, 11) is 0. The Labute approximate surface area is 171 Å². The molecule has 1 aliphatic heterocycles. The first-order valence-corrected chi connectivity index (χ1v) is 9.42. The SMILES string of the molecule is O=C(ON1C(=O)c2ccccc2C1=O)c1csc(Cc2cccc(C(F)(F)F)c2)n1. The molecule has 4 rings (SSSR count). The van der Waals surface area contributed by atoms with Crippen molar-refractivity contribution in [2.75, 3.05) is 0 Å². The van der Waals surface area contributed by atoms with Gasteiger partial charge in [-0.2, -0.15) is 13.2 Å². The first-order valence-electron chi connectivity index (χ1n) is 8.54. The Bertz CT molecular complexity index is 1140. The van der Waals surface area contributed by atoms with Gasteiger partial charge in [-0.15, -0.1) is 11.3 Å². The van der Waals surface area contributed by atoms with E-state index in [0.717, 1.165) is 23.5 Å². The van der Waals surface area contributed by atoms with Crippen molar-refractivity contribution in [2.45, 2.75) is 12.6 Å². The third kappa shape index (κ3) is 3.69. The number of hydrogen-bond donors (Lipinski definition) is 0. The maximum atomic E-state index is 12.8. The molecular weight excluding hydrogens is 421 g/mol. The number of imide groups is 1. The van der Waals surface area contributed by atoms with E-state index >= 15 is 0 Å².